The minimum Gasteiger partial charge on any atom is -0.303 e. The summed E-state index contributed by atoms with van der Waals surface area (Å²) in [5, 5.41) is 16.2. The van der Waals surface area contributed by atoms with E-state index in [1.54, 1.807) is 0 Å². The molecule has 0 aliphatic heterocycles. The molecule has 4 heteroatoms. The fourth-order valence-electron chi connectivity index (χ4n) is 1.58. The van der Waals surface area contributed by atoms with Crippen LogP contribution in [-0.2, 0) is 6.54 Å². The summed E-state index contributed by atoms with van der Waals surface area (Å²) >= 11 is 0. The van der Waals surface area contributed by atoms with Gasteiger partial charge in [0.2, 0.25) is 0 Å². The van der Waals surface area contributed by atoms with Crippen LogP contribution < -0.4 is 5.32 Å². The second kappa shape index (κ2) is 5.66. The highest BCUT2D eigenvalue weighted by atomic mass is 15.3. The first-order chi connectivity index (χ1) is 7.59. The number of nitrogens with zero attached hydrogens (tertiary/aromatic N) is 3. The van der Waals surface area contributed by atoms with Crippen LogP contribution in [0.15, 0.2) is 12.4 Å². The molecular formula is C12H20N4. The van der Waals surface area contributed by atoms with Crippen LogP contribution in [0.25, 0.3) is 0 Å². The van der Waals surface area contributed by atoms with Gasteiger partial charge in [0, 0.05) is 12.7 Å². The Morgan fingerprint density at radius 1 is 1.56 bits per heavy atom. The normalized spacial score (nSPS) is 14.4. The number of aryl methyl sites for hydroxylation is 2. The van der Waals surface area contributed by atoms with E-state index in [0.717, 1.165) is 25.8 Å². The number of nitriles is 1. The van der Waals surface area contributed by atoms with E-state index in [4.69, 9.17) is 5.26 Å². The summed E-state index contributed by atoms with van der Waals surface area (Å²) in [7, 11) is 1.83. The molecule has 1 atom stereocenters. The van der Waals surface area contributed by atoms with Gasteiger partial charge in [0.15, 0.2) is 0 Å². The van der Waals surface area contributed by atoms with Crippen LogP contribution in [0.4, 0.5) is 0 Å². The lowest BCUT2D eigenvalue weighted by Crippen LogP contribution is -2.37. The van der Waals surface area contributed by atoms with Crippen LogP contribution in [0.3, 0.4) is 0 Å². The standard InChI is InChI=1S/C12H20N4/c1-11-8-15-16(9-11)7-5-4-6-12(2,10-13)14-3/h8-9,14H,4-7H2,1-3H3. The number of aromatic nitrogens is 2. The summed E-state index contributed by atoms with van der Waals surface area (Å²) in [6, 6.07) is 2.30. The van der Waals surface area contributed by atoms with Gasteiger partial charge in [-0.05, 0) is 45.7 Å². The highest BCUT2D eigenvalue weighted by Gasteiger charge is 2.19. The molecule has 0 aliphatic rings. The SMILES string of the molecule is CNC(C)(C#N)CCCCn1cc(C)cn1. The first kappa shape index (κ1) is 12.7. The molecule has 1 aromatic heterocycles. The second-order valence-electron chi connectivity index (χ2n) is 4.43. The maximum Gasteiger partial charge on any atom is 0.103 e. The zero-order chi connectivity index (χ0) is 12.0. The fraction of sp³-hybridized carbons (Fsp3) is 0.667. The van der Waals surface area contributed by atoms with Crippen LogP contribution in [0, 0.1) is 18.3 Å². The lowest BCUT2D eigenvalue weighted by atomic mass is 9.97. The summed E-state index contributed by atoms with van der Waals surface area (Å²) in [4.78, 5) is 0. The smallest absolute Gasteiger partial charge is 0.103 e. The third kappa shape index (κ3) is 3.67. The van der Waals surface area contributed by atoms with Gasteiger partial charge in [-0.1, -0.05) is 0 Å². The summed E-state index contributed by atoms with van der Waals surface area (Å²) in [5.74, 6) is 0. The van der Waals surface area contributed by atoms with Crippen molar-refractivity contribution in [2.75, 3.05) is 7.05 Å². The Hall–Kier alpha value is -1.34. The molecule has 0 amide bonds. The molecule has 0 spiro atoms. The van der Waals surface area contributed by atoms with Gasteiger partial charge in [0.25, 0.3) is 0 Å². The summed E-state index contributed by atoms with van der Waals surface area (Å²) in [5.41, 5.74) is 0.803. The van der Waals surface area contributed by atoms with Gasteiger partial charge in [0.1, 0.15) is 5.54 Å². The zero-order valence-corrected chi connectivity index (χ0v) is 10.3. The van der Waals surface area contributed by atoms with Gasteiger partial charge in [-0.25, -0.2) is 0 Å². The Morgan fingerprint density at radius 2 is 2.31 bits per heavy atom. The van der Waals surface area contributed by atoms with E-state index in [1.807, 2.05) is 38.0 Å². The fourth-order valence-corrected chi connectivity index (χ4v) is 1.58. The maximum absolute atomic E-state index is 8.97. The molecule has 4 nitrogen and oxygen atoms in total. The third-order valence-electron chi connectivity index (χ3n) is 2.87. The van der Waals surface area contributed by atoms with Crippen molar-refractivity contribution in [3.63, 3.8) is 0 Å². The van der Waals surface area contributed by atoms with Crippen LogP contribution in [0.2, 0.25) is 0 Å². The van der Waals surface area contributed by atoms with E-state index < -0.39 is 0 Å². The second-order valence-corrected chi connectivity index (χ2v) is 4.43. The molecule has 16 heavy (non-hydrogen) atoms. The van der Waals surface area contributed by atoms with E-state index >= 15 is 0 Å². The predicted octanol–water partition coefficient (Wildman–Crippen LogP) is 1.86. The molecule has 0 aliphatic carbocycles. The Kier molecular flexibility index (Phi) is 4.51. The molecule has 88 valence electrons. The van der Waals surface area contributed by atoms with Crippen LogP contribution in [0.1, 0.15) is 31.7 Å². The molecule has 0 saturated carbocycles. The molecular weight excluding hydrogens is 200 g/mol. The zero-order valence-electron chi connectivity index (χ0n) is 10.3. The third-order valence-corrected chi connectivity index (χ3v) is 2.87. The van der Waals surface area contributed by atoms with Gasteiger partial charge in [-0.3, -0.25) is 4.68 Å². The largest absolute Gasteiger partial charge is 0.303 e. The summed E-state index contributed by atoms with van der Waals surface area (Å²) in [6.07, 6.45) is 6.87. The van der Waals surface area contributed by atoms with Crippen molar-refractivity contribution in [1.82, 2.24) is 15.1 Å². The van der Waals surface area contributed by atoms with E-state index in [2.05, 4.69) is 16.5 Å². The quantitative estimate of drug-likeness (QED) is 0.744. The number of unbranched alkanes of at least 4 members (excludes halogenated alkanes) is 1. The van der Waals surface area contributed by atoms with Crippen molar-refractivity contribution >= 4 is 0 Å². The van der Waals surface area contributed by atoms with Crippen molar-refractivity contribution < 1.29 is 0 Å². The molecule has 0 bridgehead atoms. The molecule has 1 unspecified atom stereocenters. The van der Waals surface area contributed by atoms with Crippen molar-refractivity contribution in [3.8, 4) is 6.07 Å². The van der Waals surface area contributed by atoms with Gasteiger partial charge in [-0.2, -0.15) is 10.4 Å². The molecule has 0 fully saturated rings. The molecule has 1 N–H and O–H groups in total. The van der Waals surface area contributed by atoms with Gasteiger partial charge in [0.05, 0.1) is 12.3 Å². The first-order valence-electron chi connectivity index (χ1n) is 5.69. The van der Waals surface area contributed by atoms with E-state index in [1.165, 1.54) is 5.56 Å². The summed E-state index contributed by atoms with van der Waals surface area (Å²) in [6.45, 7) is 4.90. The molecule has 0 aromatic carbocycles. The highest BCUT2D eigenvalue weighted by molar-refractivity contribution is 5.02. The Balaban J connectivity index is 2.24. The van der Waals surface area contributed by atoms with Crippen molar-refractivity contribution in [2.24, 2.45) is 0 Å². The lowest BCUT2D eigenvalue weighted by Gasteiger charge is -2.20. The molecule has 0 radical (unpaired) electrons. The number of nitrogens with one attached hydrogen (secondary N) is 1. The average molecular weight is 220 g/mol. The predicted molar refractivity (Wildman–Crippen MR) is 63.9 cm³/mol. The average Bonchev–Trinajstić information content (AvgIpc) is 2.70. The van der Waals surface area contributed by atoms with Crippen LogP contribution >= 0.6 is 0 Å². The monoisotopic (exact) mass is 220 g/mol. The minimum atomic E-state index is -0.389. The highest BCUT2D eigenvalue weighted by Crippen LogP contribution is 2.12. The molecule has 1 rings (SSSR count). The summed E-state index contributed by atoms with van der Waals surface area (Å²) < 4.78 is 1.96. The van der Waals surface area contributed by atoms with Crippen molar-refractivity contribution in [1.29, 1.82) is 5.26 Å². The number of rotatable bonds is 6. The lowest BCUT2D eigenvalue weighted by molar-refractivity contribution is 0.419. The molecule has 1 heterocycles. The molecule has 0 saturated heterocycles. The first-order valence-corrected chi connectivity index (χ1v) is 5.69. The van der Waals surface area contributed by atoms with Crippen LogP contribution in [-0.4, -0.2) is 22.4 Å². The maximum atomic E-state index is 8.97. The minimum absolute atomic E-state index is 0.389. The number of hydrogen-bond donors (Lipinski definition) is 1. The van der Waals surface area contributed by atoms with Crippen molar-refractivity contribution in [2.45, 2.75) is 45.2 Å². The topological polar surface area (TPSA) is 53.6 Å². The Morgan fingerprint density at radius 3 is 2.81 bits per heavy atom. The van der Waals surface area contributed by atoms with Crippen LogP contribution in [0.5, 0.6) is 0 Å². The van der Waals surface area contributed by atoms with E-state index in [9.17, 15) is 0 Å². The Bertz CT molecular complexity index is 363. The van der Waals surface area contributed by atoms with E-state index in [0.29, 0.717) is 0 Å². The van der Waals surface area contributed by atoms with Gasteiger partial charge < -0.3 is 5.32 Å². The van der Waals surface area contributed by atoms with Gasteiger partial charge in [-0.15, -0.1) is 0 Å². The van der Waals surface area contributed by atoms with Gasteiger partial charge >= 0.3 is 0 Å². The molecule has 1 aromatic rings. The van der Waals surface area contributed by atoms with E-state index in [-0.39, 0.29) is 5.54 Å². The van der Waals surface area contributed by atoms with Crippen molar-refractivity contribution in [3.05, 3.63) is 18.0 Å². The Labute approximate surface area is 97.3 Å². The number of hydrogen-bond acceptors (Lipinski definition) is 3.